The van der Waals surface area contributed by atoms with E-state index in [1.54, 1.807) is 6.20 Å². The maximum atomic E-state index is 12.0. The van der Waals surface area contributed by atoms with Gasteiger partial charge < -0.3 is 10.6 Å². The number of fused-ring (bicyclic) bond motifs is 1. The monoisotopic (exact) mass is 245 g/mol. The summed E-state index contributed by atoms with van der Waals surface area (Å²) in [6.07, 6.45) is 2.41. The smallest absolute Gasteiger partial charge is 0.248 e. The molecule has 5 heteroatoms. The first kappa shape index (κ1) is 10.3. The van der Waals surface area contributed by atoms with Gasteiger partial charge in [-0.2, -0.15) is 0 Å². The largest absolute Gasteiger partial charge is 0.373 e. The van der Waals surface area contributed by atoms with E-state index < -0.39 is 0 Å². The van der Waals surface area contributed by atoms with Crippen LogP contribution in [0.15, 0.2) is 35.8 Å². The topological polar surface area (TPSA) is 54.0 Å². The van der Waals surface area contributed by atoms with Crippen LogP contribution in [0.25, 0.3) is 0 Å². The molecule has 17 heavy (non-hydrogen) atoms. The van der Waals surface area contributed by atoms with Gasteiger partial charge in [0.25, 0.3) is 0 Å². The van der Waals surface area contributed by atoms with Crippen molar-refractivity contribution in [1.82, 2.24) is 4.98 Å². The standard InChI is InChI=1S/C12H11N3OS/c16-11(15-12-13-5-6-17-12)10-7-8-3-1-2-4-9(8)14-10/h1-6,10,14H,7H2,(H,13,15,16)/t10-/m0/s1. The Morgan fingerprint density at radius 3 is 3.12 bits per heavy atom. The molecule has 1 aromatic carbocycles. The number of nitrogens with zero attached hydrogens (tertiary/aromatic N) is 1. The zero-order valence-electron chi connectivity index (χ0n) is 9.01. The van der Waals surface area contributed by atoms with Gasteiger partial charge in [0, 0.05) is 23.7 Å². The molecule has 2 aromatic rings. The Kier molecular flexibility index (Phi) is 2.53. The highest BCUT2D eigenvalue weighted by Crippen LogP contribution is 2.25. The van der Waals surface area contributed by atoms with Crippen molar-refractivity contribution in [1.29, 1.82) is 0 Å². The van der Waals surface area contributed by atoms with Crippen LogP contribution in [0.4, 0.5) is 10.8 Å². The second kappa shape index (κ2) is 4.18. The van der Waals surface area contributed by atoms with Gasteiger partial charge in [-0.05, 0) is 11.6 Å². The highest BCUT2D eigenvalue weighted by Gasteiger charge is 2.26. The van der Waals surface area contributed by atoms with E-state index in [-0.39, 0.29) is 11.9 Å². The number of anilines is 2. The number of para-hydroxylation sites is 1. The Morgan fingerprint density at radius 2 is 2.35 bits per heavy atom. The lowest BCUT2D eigenvalue weighted by molar-refractivity contribution is -0.116. The number of carbonyl (C=O) groups is 1. The number of hydrogen-bond acceptors (Lipinski definition) is 4. The Morgan fingerprint density at radius 1 is 1.47 bits per heavy atom. The first-order valence-electron chi connectivity index (χ1n) is 5.38. The summed E-state index contributed by atoms with van der Waals surface area (Å²) in [5.74, 6) is -0.0313. The predicted molar refractivity (Wildman–Crippen MR) is 68.3 cm³/mol. The van der Waals surface area contributed by atoms with Crippen LogP contribution in [-0.2, 0) is 11.2 Å². The average Bonchev–Trinajstić information content (AvgIpc) is 2.96. The highest BCUT2D eigenvalue weighted by atomic mass is 32.1. The summed E-state index contributed by atoms with van der Waals surface area (Å²) in [6, 6.07) is 7.79. The van der Waals surface area contributed by atoms with Crippen LogP contribution in [0.1, 0.15) is 5.56 Å². The van der Waals surface area contributed by atoms with Gasteiger partial charge in [0.1, 0.15) is 6.04 Å². The molecule has 86 valence electrons. The third kappa shape index (κ3) is 2.01. The molecule has 0 saturated carbocycles. The van der Waals surface area contributed by atoms with Crippen molar-refractivity contribution >= 4 is 28.1 Å². The van der Waals surface area contributed by atoms with Gasteiger partial charge in [0.05, 0.1) is 0 Å². The van der Waals surface area contributed by atoms with Crippen LogP contribution in [0, 0.1) is 0 Å². The molecule has 1 atom stereocenters. The van der Waals surface area contributed by atoms with Crippen LogP contribution in [0.2, 0.25) is 0 Å². The normalized spacial score (nSPS) is 17.3. The molecule has 2 heterocycles. The first-order chi connectivity index (χ1) is 8.33. The van der Waals surface area contributed by atoms with Crippen molar-refractivity contribution in [2.75, 3.05) is 10.6 Å². The second-order valence-corrected chi connectivity index (χ2v) is 4.78. The third-order valence-electron chi connectivity index (χ3n) is 2.75. The van der Waals surface area contributed by atoms with Crippen molar-refractivity contribution < 1.29 is 4.79 Å². The third-order valence-corrected chi connectivity index (χ3v) is 3.44. The van der Waals surface area contributed by atoms with E-state index >= 15 is 0 Å². The quantitative estimate of drug-likeness (QED) is 0.852. The molecule has 0 spiro atoms. The molecule has 2 N–H and O–H groups in total. The predicted octanol–water partition coefficient (Wildman–Crippen LogP) is 2.12. The maximum absolute atomic E-state index is 12.0. The molecule has 0 bridgehead atoms. The van der Waals surface area contributed by atoms with Gasteiger partial charge in [0.15, 0.2) is 5.13 Å². The summed E-state index contributed by atoms with van der Waals surface area (Å²) in [4.78, 5) is 16.0. The van der Waals surface area contributed by atoms with Crippen molar-refractivity contribution in [2.45, 2.75) is 12.5 Å². The van der Waals surface area contributed by atoms with Gasteiger partial charge in [-0.15, -0.1) is 11.3 Å². The Balaban J connectivity index is 1.70. The maximum Gasteiger partial charge on any atom is 0.248 e. The molecule has 1 aliphatic heterocycles. The molecule has 1 aliphatic rings. The summed E-state index contributed by atoms with van der Waals surface area (Å²) in [5.41, 5.74) is 2.23. The summed E-state index contributed by atoms with van der Waals surface area (Å²) in [5, 5.41) is 8.50. The van der Waals surface area contributed by atoms with Crippen LogP contribution in [-0.4, -0.2) is 16.9 Å². The second-order valence-electron chi connectivity index (χ2n) is 3.88. The molecule has 0 aliphatic carbocycles. The summed E-state index contributed by atoms with van der Waals surface area (Å²) < 4.78 is 0. The molecule has 3 rings (SSSR count). The molecular weight excluding hydrogens is 234 g/mol. The van der Waals surface area contributed by atoms with E-state index in [9.17, 15) is 4.79 Å². The Labute approximate surface area is 103 Å². The SMILES string of the molecule is O=C(Nc1nccs1)[C@@H]1Cc2ccccc2N1. The fourth-order valence-electron chi connectivity index (χ4n) is 1.93. The van der Waals surface area contributed by atoms with E-state index in [1.165, 1.54) is 16.9 Å². The molecule has 0 saturated heterocycles. The molecular formula is C12H11N3OS. The van der Waals surface area contributed by atoms with Crippen LogP contribution < -0.4 is 10.6 Å². The lowest BCUT2D eigenvalue weighted by Gasteiger charge is -2.09. The fourth-order valence-corrected chi connectivity index (χ4v) is 2.47. The van der Waals surface area contributed by atoms with Gasteiger partial charge >= 0.3 is 0 Å². The van der Waals surface area contributed by atoms with E-state index in [0.717, 1.165) is 12.1 Å². The molecule has 0 fully saturated rings. The van der Waals surface area contributed by atoms with E-state index in [1.807, 2.05) is 29.6 Å². The minimum absolute atomic E-state index is 0.0313. The minimum Gasteiger partial charge on any atom is -0.373 e. The number of benzene rings is 1. The Hall–Kier alpha value is -1.88. The van der Waals surface area contributed by atoms with E-state index in [0.29, 0.717) is 5.13 Å². The molecule has 0 radical (unpaired) electrons. The molecule has 1 amide bonds. The number of aromatic nitrogens is 1. The number of carbonyl (C=O) groups excluding carboxylic acids is 1. The number of hydrogen-bond donors (Lipinski definition) is 2. The van der Waals surface area contributed by atoms with Gasteiger partial charge in [-0.3, -0.25) is 4.79 Å². The summed E-state index contributed by atoms with van der Waals surface area (Å²) in [7, 11) is 0. The van der Waals surface area contributed by atoms with Crippen molar-refractivity contribution in [2.24, 2.45) is 0 Å². The highest BCUT2D eigenvalue weighted by molar-refractivity contribution is 7.13. The Bertz CT molecular complexity index is 513. The summed E-state index contributed by atoms with van der Waals surface area (Å²) >= 11 is 1.42. The zero-order valence-corrected chi connectivity index (χ0v) is 9.83. The van der Waals surface area contributed by atoms with Crippen LogP contribution in [0.3, 0.4) is 0 Å². The van der Waals surface area contributed by atoms with E-state index in [4.69, 9.17) is 0 Å². The zero-order chi connectivity index (χ0) is 11.7. The number of nitrogens with one attached hydrogen (secondary N) is 2. The van der Waals surface area contributed by atoms with Crippen molar-refractivity contribution in [3.05, 3.63) is 41.4 Å². The minimum atomic E-state index is -0.198. The van der Waals surface area contributed by atoms with Gasteiger partial charge in [-0.1, -0.05) is 18.2 Å². The van der Waals surface area contributed by atoms with E-state index in [2.05, 4.69) is 15.6 Å². The molecule has 0 unspecified atom stereocenters. The molecule has 1 aromatic heterocycles. The number of amides is 1. The van der Waals surface area contributed by atoms with Gasteiger partial charge in [-0.25, -0.2) is 4.98 Å². The fraction of sp³-hybridized carbons (Fsp3) is 0.167. The number of rotatable bonds is 2. The van der Waals surface area contributed by atoms with Gasteiger partial charge in [0.2, 0.25) is 5.91 Å². The van der Waals surface area contributed by atoms with Crippen molar-refractivity contribution in [3.8, 4) is 0 Å². The molecule has 4 nitrogen and oxygen atoms in total. The van der Waals surface area contributed by atoms with Crippen LogP contribution >= 0.6 is 11.3 Å². The van der Waals surface area contributed by atoms with Crippen molar-refractivity contribution in [3.63, 3.8) is 0 Å². The lowest BCUT2D eigenvalue weighted by Crippen LogP contribution is -2.32. The first-order valence-corrected chi connectivity index (χ1v) is 6.26. The lowest BCUT2D eigenvalue weighted by atomic mass is 10.1. The van der Waals surface area contributed by atoms with Crippen LogP contribution in [0.5, 0.6) is 0 Å². The summed E-state index contributed by atoms with van der Waals surface area (Å²) in [6.45, 7) is 0. The average molecular weight is 245 g/mol. The number of thiazole rings is 1.